The van der Waals surface area contributed by atoms with E-state index in [9.17, 15) is 0 Å². The van der Waals surface area contributed by atoms with Crippen molar-refractivity contribution in [2.24, 2.45) is 4.99 Å². The fourth-order valence-corrected chi connectivity index (χ4v) is 3.27. The summed E-state index contributed by atoms with van der Waals surface area (Å²) in [6.07, 6.45) is 4.32. The second kappa shape index (κ2) is 9.10. The number of benzene rings is 1. The second-order valence-electron chi connectivity index (χ2n) is 5.77. The Bertz CT molecular complexity index is 839. The van der Waals surface area contributed by atoms with E-state index >= 15 is 0 Å². The highest BCUT2D eigenvalue weighted by molar-refractivity contribution is 7.11. The highest BCUT2D eigenvalue weighted by Gasteiger charge is 2.03. The normalized spacial score (nSPS) is 11.5. The molecule has 3 rings (SSSR count). The standard InChI is InChI=1S/C18H23N7S/c1-3-19-18(20-8-7-16-21-10-13(2)26-16)22-11-14-5-4-6-15(9-14)17-23-12-24-25-17/h4-6,9-10,12H,3,7-8,11H2,1-2H3,(H2,19,20,22)(H,23,24,25). The van der Waals surface area contributed by atoms with Crippen molar-refractivity contribution in [3.63, 3.8) is 0 Å². The average molecular weight is 369 g/mol. The Kier molecular flexibility index (Phi) is 6.32. The molecule has 0 atom stereocenters. The first kappa shape index (κ1) is 18.1. The van der Waals surface area contributed by atoms with Gasteiger partial charge in [0.2, 0.25) is 0 Å². The van der Waals surface area contributed by atoms with Gasteiger partial charge < -0.3 is 10.6 Å². The van der Waals surface area contributed by atoms with E-state index in [1.54, 1.807) is 11.3 Å². The van der Waals surface area contributed by atoms with Crippen LogP contribution in [0.5, 0.6) is 0 Å². The van der Waals surface area contributed by atoms with Crippen LogP contribution >= 0.6 is 11.3 Å². The first-order valence-corrected chi connectivity index (χ1v) is 9.44. The molecule has 0 unspecified atom stereocenters. The number of guanidine groups is 1. The molecule has 136 valence electrons. The number of aromatic amines is 1. The molecule has 3 aromatic rings. The Morgan fingerprint density at radius 2 is 2.19 bits per heavy atom. The fourth-order valence-electron chi connectivity index (χ4n) is 2.48. The van der Waals surface area contributed by atoms with Crippen molar-refractivity contribution in [3.05, 3.63) is 52.2 Å². The molecule has 0 spiro atoms. The predicted molar refractivity (Wildman–Crippen MR) is 105 cm³/mol. The van der Waals surface area contributed by atoms with Crippen LogP contribution in [0.15, 0.2) is 41.8 Å². The van der Waals surface area contributed by atoms with Gasteiger partial charge in [0.05, 0.1) is 11.6 Å². The minimum absolute atomic E-state index is 0.591. The highest BCUT2D eigenvalue weighted by atomic mass is 32.1. The maximum Gasteiger partial charge on any atom is 0.191 e. The third-order valence-electron chi connectivity index (χ3n) is 3.68. The molecule has 1 aromatic carbocycles. The molecule has 0 aliphatic carbocycles. The molecular weight excluding hydrogens is 346 g/mol. The lowest BCUT2D eigenvalue weighted by molar-refractivity contribution is 0.796. The molecule has 3 N–H and O–H groups in total. The van der Waals surface area contributed by atoms with Crippen LogP contribution in [0, 0.1) is 6.92 Å². The number of hydrogen-bond acceptors (Lipinski definition) is 5. The van der Waals surface area contributed by atoms with E-state index in [0.717, 1.165) is 47.4 Å². The summed E-state index contributed by atoms with van der Waals surface area (Å²) < 4.78 is 0. The maximum absolute atomic E-state index is 4.67. The van der Waals surface area contributed by atoms with Crippen LogP contribution in [-0.4, -0.2) is 39.2 Å². The van der Waals surface area contributed by atoms with Gasteiger partial charge >= 0.3 is 0 Å². The van der Waals surface area contributed by atoms with Gasteiger partial charge in [-0.1, -0.05) is 18.2 Å². The summed E-state index contributed by atoms with van der Waals surface area (Å²) in [5, 5.41) is 14.6. The van der Waals surface area contributed by atoms with Gasteiger partial charge in [-0.05, 0) is 25.5 Å². The number of nitrogens with zero attached hydrogens (tertiary/aromatic N) is 4. The van der Waals surface area contributed by atoms with Crippen LogP contribution < -0.4 is 10.6 Å². The molecule has 26 heavy (non-hydrogen) atoms. The summed E-state index contributed by atoms with van der Waals surface area (Å²) in [5.74, 6) is 1.57. The van der Waals surface area contributed by atoms with E-state index in [0.29, 0.717) is 6.54 Å². The van der Waals surface area contributed by atoms with Crippen LogP contribution in [0.3, 0.4) is 0 Å². The van der Waals surface area contributed by atoms with E-state index in [2.05, 4.69) is 61.8 Å². The molecule has 2 heterocycles. The second-order valence-corrected chi connectivity index (χ2v) is 7.09. The van der Waals surface area contributed by atoms with Gasteiger partial charge in [-0.15, -0.1) is 11.3 Å². The number of nitrogens with one attached hydrogen (secondary N) is 3. The smallest absolute Gasteiger partial charge is 0.191 e. The summed E-state index contributed by atoms with van der Waals surface area (Å²) in [4.78, 5) is 14.5. The van der Waals surface area contributed by atoms with Crippen molar-refractivity contribution in [2.45, 2.75) is 26.8 Å². The van der Waals surface area contributed by atoms with E-state index in [-0.39, 0.29) is 0 Å². The van der Waals surface area contributed by atoms with Gasteiger partial charge in [-0.2, -0.15) is 5.10 Å². The van der Waals surface area contributed by atoms with Crippen molar-refractivity contribution in [1.29, 1.82) is 0 Å². The molecule has 0 radical (unpaired) electrons. The predicted octanol–water partition coefficient (Wildman–Crippen LogP) is 2.53. The Balaban J connectivity index is 1.59. The zero-order chi connectivity index (χ0) is 18.2. The van der Waals surface area contributed by atoms with Gasteiger partial charge in [0.25, 0.3) is 0 Å². The number of thiazole rings is 1. The third-order valence-corrected chi connectivity index (χ3v) is 4.65. The lowest BCUT2D eigenvalue weighted by atomic mass is 10.1. The minimum atomic E-state index is 0.591. The van der Waals surface area contributed by atoms with Gasteiger partial charge in [0.15, 0.2) is 11.8 Å². The molecule has 7 nitrogen and oxygen atoms in total. The zero-order valence-corrected chi connectivity index (χ0v) is 15.8. The Hall–Kier alpha value is -2.74. The average Bonchev–Trinajstić information content (AvgIpc) is 3.32. The lowest BCUT2D eigenvalue weighted by Crippen LogP contribution is -2.38. The van der Waals surface area contributed by atoms with E-state index in [1.165, 1.54) is 11.2 Å². The lowest BCUT2D eigenvalue weighted by Gasteiger charge is -2.10. The number of aliphatic imine (C=N–C) groups is 1. The Morgan fingerprint density at radius 3 is 2.92 bits per heavy atom. The monoisotopic (exact) mass is 369 g/mol. The molecule has 0 saturated heterocycles. The fraction of sp³-hybridized carbons (Fsp3) is 0.333. The minimum Gasteiger partial charge on any atom is -0.357 e. The number of aryl methyl sites for hydroxylation is 1. The van der Waals surface area contributed by atoms with Crippen LogP contribution in [0.1, 0.15) is 22.4 Å². The van der Waals surface area contributed by atoms with Crippen LogP contribution in [-0.2, 0) is 13.0 Å². The SMILES string of the molecule is CCNC(=NCc1cccc(-c2ncn[nH]2)c1)NCCc1ncc(C)s1. The quantitative estimate of drug-likeness (QED) is 0.440. The van der Waals surface area contributed by atoms with Crippen molar-refractivity contribution in [2.75, 3.05) is 13.1 Å². The number of hydrogen-bond donors (Lipinski definition) is 3. The number of rotatable bonds is 7. The zero-order valence-electron chi connectivity index (χ0n) is 15.0. The van der Waals surface area contributed by atoms with Crippen molar-refractivity contribution >= 4 is 17.3 Å². The molecule has 8 heteroatoms. The van der Waals surface area contributed by atoms with Gasteiger partial charge in [0.1, 0.15) is 6.33 Å². The van der Waals surface area contributed by atoms with Crippen molar-refractivity contribution in [3.8, 4) is 11.4 Å². The molecule has 2 aromatic heterocycles. The molecule has 0 saturated carbocycles. The summed E-state index contributed by atoms with van der Waals surface area (Å²) in [5.41, 5.74) is 2.12. The Morgan fingerprint density at radius 1 is 1.27 bits per heavy atom. The van der Waals surface area contributed by atoms with Crippen LogP contribution in [0.2, 0.25) is 0 Å². The number of H-pyrrole nitrogens is 1. The van der Waals surface area contributed by atoms with Gasteiger partial charge in [0, 0.05) is 36.1 Å². The first-order valence-electron chi connectivity index (χ1n) is 8.62. The summed E-state index contributed by atoms with van der Waals surface area (Å²) in [7, 11) is 0. The van der Waals surface area contributed by atoms with Crippen molar-refractivity contribution in [1.82, 2.24) is 30.8 Å². The van der Waals surface area contributed by atoms with E-state index < -0.39 is 0 Å². The topological polar surface area (TPSA) is 90.9 Å². The molecule has 0 amide bonds. The largest absolute Gasteiger partial charge is 0.357 e. The molecular formula is C18H23N7S. The molecule has 0 bridgehead atoms. The van der Waals surface area contributed by atoms with E-state index in [4.69, 9.17) is 0 Å². The van der Waals surface area contributed by atoms with E-state index in [1.807, 2.05) is 18.3 Å². The molecule has 0 aliphatic heterocycles. The summed E-state index contributed by atoms with van der Waals surface area (Å²) in [6.45, 7) is 6.35. The first-order chi connectivity index (χ1) is 12.7. The van der Waals surface area contributed by atoms with Crippen LogP contribution in [0.4, 0.5) is 0 Å². The van der Waals surface area contributed by atoms with Crippen LogP contribution in [0.25, 0.3) is 11.4 Å². The van der Waals surface area contributed by atoms with Gasteiger partial charge in [-0.25, -0.2) is 15.0 Å². The Labute approximate surface area is 157 Å². The summed E-state index contributed by atoms with van der Waals surface area (Å²) in [6, 6.07) is 8.15. The highest BCUT2D eigenvalue weighted by Crippen LogP contribution is 2.16. The molecule has 0 fully saturated rings. The van der Waals surface area contributed by atoms with Gasteiger partial charge in [-0.3, -0.25) is 5.10 Å². The van der Waals surface area contributed by atoms with Crippen molar-refractivity contribution < 1.29 is 0 Å². The maximum atomic E-state index is 4.67. The number of aromatic nitrogens is 4. The molecule has 0 aliphatic rings. The summed E-state index contributed by atoms with van der Waals surface area (Å²) >= 11 is 1.74. The third kappa shape index (κ3) is 5.13.